The summed E-state index contributed by atoms with van der Waals surface area (Å²) in [7, 11) is 0. The van der Waals surface area contributed by atoms with Crippen molar-refractivity contribution in [1.29, 1.82) is 0 Å². The zero-order valence-corrected chi connectivity index (χ0v) is 11.8. The molecule has 0 aliphatic rings. The smallest absolute Gasteiger partial charge is 0.224 e. The van der Waals surface area contributed by atoms with Crippen molar-refractivity contribution in [2.24, 2.45) is 5.92 Å². The van der Waals surface area contributed by atoms with Crippen molar-refractivity contribution >= 4 is 17.5 Å². The zero-order valence-electron chi connectivity index (χ0n) is 11.0. The number of benzene rings is 1. The van der Waals surface area contributed by atoms with Crippen molar-refractivity contribution in [2.75, 3.05) is 6.54 Å². The summed E-state index contributed by atoms with van der Waals surface area (Å²) in [6.07, 6.45) is 0.273. The lowest BCUT2D eigenvalue weighted by Crippen LogP contribution is -2.44. The van der Waals surface area contributed by atoms with Gasteiger partial charge in [0.15, 0.2) is 0 Å². The first-order chi connectivity index (χ1) is 8.31. The van der Waals surface area contributed by atoms with Gasteiger partial charge in [0.2, 0.25) is 5.91 Å². The van der Waals surface area contributed by atoms with E-state index in [4.69, 9.17) is 11.6 Å². The number of amides is 1. The van der Waals surface area contributed by atoms with Crippen LogP contribution in [0.4, 0.5) is 0 Å². The van der Waals surface area contributed by atoms with E-state index in [9.17, 15) is 9.90 Å². The average molecular weight is 270 g/mol. The van der Waals surface area contributed by atoms with Gasteiger partial charge >= 0.3 is 0 Å². The van der Waals surface area contributed by atoms with Gasteiger partial charge in [0, 0.05) is 11.6 Å². The number of hydrogen-bond acceptors (Lipinski definition) is 2. The number of halogens is 1. The molecule has 0 saturated carbocycles. The first kappa shape index (κ1) is 15.0. The van der Waals surface area contributed by atoms with E-state index in [1.54, 1.807) is 19.1 Å². The van der Waals surface area contributed by atoms with Gasteiger partial charge in [-0.15, -0.1) is 0 Å². The van der Waals surface area contributed by atoms with E-state index in [0.29, 0.717) is 5.02 Å². The molecule has 0 aliphatic heterocycles. The summed E-state index contributed by atoms with van der Waals surface area (Å²) in [6.45, 7) is 5.81. The molecule has 100 valence electrons. The molecule has 0 bridgehead atoms. The Balaban J connectivity index is 2.48. The topological polar surface area (TPSA) is 49.3 Å². The molecule has 1 atom stereocenters. The average Bonchev–Trinajstić information content (AvgIpc) is 2.26. The molecule has 0 heterocycles. The van der Waals surface area contributed by atoms with Gasteiger partial charge in [0.05, 0.1) is 12.0 Å². The lowest BCUT2D eigenvalue weighted by Gasteiger charge is -2.27. The SMILES string of the molecule is CC(C)C(C)(O)CNC(=O)Cc1cccc(Cl)c1. The third-order valence-corrected chi connectivity index (χ3v) is 3.38. The van der Waals surface area contributed by atoms with Crippen molar-refractivity contribution in [3.05, 3.63) is 34.9 Å². The fourth-order valence-corrected chi connectivity index (χ4v) is 1.59. The Hall–Kier alpha value is -1.06. The molecule has 4 heteroatoms. The Morgan fingerprint density at radius 3 is 2.72 bits per heavy atom. The monoisotopic (exact) mass is 269 g/mol. The maximum Gasteiger partial charge on any atom is 0.224 e. The summed E-state index contributed by atoms with van der Waals surface area (Å²) in [5.74, 6) is -0.0258. The minimum atomic E-state index is -0.885. The summed E-state index contributed by atoms with van der Waals surface area (Å²) < 4.78 is 0. The first-order valence-corrected chi connectivity index (χ1v) is 6.42. The maximum absolute atomic E-state index is 11.7. The van der Waals surface area contributed by atoms with E-state index in [-0.39, 0.29) is 24.8 Å². The van der Waals surface area contributed by atoms with Crippen LogP contribution in [0.1, 0.15) is 26.3 Å². The van der Waals surface area contributed by atoms with Gasteiger partial charge in [-0.1, -0.05) is 37.6 Å². The Labute approximate surface area is 113 Å². The van der Waals surface area contributed by atoms with E-state index in [1.807, 2.05) is 26.0 Å². The Bertz CT molecular complexity index is 416. The number of rotatable bonds is 5. The van der Waals surface area contributed by atoms with Gasteiger partial charge in [-0.25, -0.2) is 0 Å². The highest BCUT2D eigenvalue weighted by molar-refractivity contribution is 6.30. The number of carbonyl (C=O) groups is 1. The fourth-order valence-electron chi connectivity index (χ4n) is 1.38. The highest BCUT2D eigenvalue weighted by Crippen LogP contribution is 2.15. The van der Waals surface area contributed by atoms with Crippen LogP contribution in [-0.2, 0) is 11.2 Å². The molecule has 1 aromatic carbocycles. The molecular weight excluding hydrogens is 250 g/mol. The van der Waals surface area contributed by atoms with Crippen LogP contribution in [0.2, 0.25) is 5.02 Å². The van der Waals surface area contributed by atoms with Crippen LogP contribution in [-0.4, -0.2) is 23.2 Å². The molecule has 0 saturated heterocycles. The molecule has 1 amide bonds. The molecule has 0 aromatic heterocycles. The van der Waals surface area contributed by atoms with Crippen molar-refractivity contribution in [1.82, 2.24) is 5.32 Å². The molecule has 0 fully saturated rings. The summed E-state index contributed by atoms with van der Waals surface area (Å²) in [6, 6.07) is 7.20. The van der Waals surface area contributed by atoms with E-state index >= 15 is 0 Å². The largest absolute Gasteiger partial charge is 0.388 e. The maximum atomic E-state index is 11.7. The van der Waals surface area contributed by atoms with Crippen molar-refractivity contribution < 1.29 is 9.90 Å². The van der Waals surface area contributed by atoms with Gasteiger partial charge in [0.1, 0.15) is 0 Å². The molecule has 18 heavy (non-hydrogen) atoms. The van der Waals surface area contributed by atoms with Gasteiger partial charge in [-0.05, 0) is 30.5 Å². The summed E-state index contributed by atoms with van der Waals surface area (Å²) >= 11 is 5.85. The molecular formula is C14H20ClNO2. The van der Waals surface area contributed by atoms with Gasteiger partial charge < -0.3 is 10.4 Å². The van der Waals surface area contributed by atoms with E-state index < -0.39 is 5.60 Å². The standard InChI is InChI=1S/C14H20ClNO2/c1-10(2)14(3,18)9-16-13(17)8-11-5-4-6-12(15)7-11/h4-7,10,18H,8-9H2,1-3H3,(H,16,17). The van der Waals surface area contributed by atoms with E-state index in [2.05, 4.69) is 5.32 Å². The van der Waals surface area contributed by atoms with E-state index in [1.165, 1.54) is 0 Å². The lowest BCUT2D eigenvalue weighted by atomic mass is 9.92. The lowest BCUT2D eigenvalue weighted by molar-refractivity contribution is -0.122. The normalized spacial score (nSPS) is 14.3. The predicted octanol–water partition coefficient (Wildman–Crippen LogP) is 2.41. The number of aliphatic hydroxyl groups is 1. The highest BCUT2D eigenvalue weighted by atomic mass is 35.5. The van der Waals surface area contributed by atoms with E-state index in [0.717, 1.165) is 5.56 Å². The number of hydrogen-bond donors (Lipinski definition) is 2. The van der Waals surface area contributed by atoms with Gasteiger partial charge in [0.25, 0.3) is 0 Å². The predicted molar refractivity (Wildman–Crippen MR) is 73.6 cm³/mol. The molecule has 0 spiro atoms. The first-order valence-electron chi connectivity index (χ1n) is 6.05. The summed E-state index contributed by atoms with van der Waals surface area (Å²) in [5.41, 5.74) is -0.0199. The third kappa shape index (κ3) is 4.67. The molecule has 1 unspecified atom stereocenters. The Morgan fingerprint density at radius 1 is 1.50 bits per heavy atom. The van der Waals surface area contributed by atoms with Crippen LogP contribution in [0, 0.1) is 5.92 Å². The van der Waals surface area contributed by atoms with Crippen molar-refractivity contribution in [3.8, 4) is 0 Å². The van der Waals surface area contributed by atoms with Crippen molar-refractivity contribution in [3.63, 3.8) is 0 Å². The second kappa shape index (κ2) is 6.21. The summed E-state index contributed by atoms with van der Waals surface area (Å²) in [4.78, 5) is 11.7. The second-order valence-corrected chi connectivity index (χ2v) is 5.53. The molecule has 3 nitrogen and oxygen atoms in total. The summed E-state index contributed by atoms with van der Waals surface area (Å²) in [5, 5.41) is 13.4. The van der Waals surface area contributed by atoms with Crippen LogP contribution < -0.4 is 5.32 Å². The molecule has 0 radical (unpaired) electrons. The molecule has 1 aromatic rings. The Morgan fingerprint density at radius 2 is 2.17 bits per heavy atom. The van der Waals surface area contributed by atoms with Gasteiger partial charge in [-0.3, -0.25) is 4.79 Å². The van der Waals surface area contributed by atoms with Crippen LogP contribution in [0.25, 0.3) is 0 Å². The van der Waals surface area contributed by atoms with Gasteiger partial charge in [-0.2, -0.15) is 0 Å². The fraction of sp³-hybridized carbons (Fsp3) is 0.500. The minimum Gasteiger partial charge on any atom is -0.388 e. The molecule has 0 aliphatic carbocycles. The third-order valence-electron chi connectivity index (χ3n) is 3.14. The Kier molecular flexibility index (Phi) is 5.17. The molecule has 1 rings (SSSR count). The van der Waals surface area contributed by atoms with Crippen LogP contribution >= 0.6 is 11.6 Å². The quantitative estimate of drug-likeness (QED) is 0.862. The number of nitrogens with one attached hydrogen (secondary N) is 1. The van der Waals surface area contributed by atoms with Crippen LogP contribution in [0.5, 0.6) is 0 Å². The van der Waals surface area contributed by atoms with Crippen molar-refractivity contribution in [2.45, 2.75) is 32.8 Å². The van der Waals surface area contributed by atoms with Crippen LogP contribution in [0.3, 0.4) is 0 Å². The minimum absolute atomic E-state index is 0.0870. The highest BCUT2D eigenvalue weighted by Gasteiger charge is 2.25. The molecule has 2 N–H and O–H groups in total. The number of carbonyl (C=O) groups excluding carboxylic acids is 1. The van der Waals surface area contributed by atoms with Crippen LogP contribution in [0.15, 0.2) is 24.3 Å². The zero-order chi connectivity index (χ0) is 13.8. The second-order valence-electron chi connectivity index (χ2n) is 5.10.